The second-order valence-corrected chi connectivity index (χ2v) is 7.37. The van der Waals surface area contributed by atoms with Gasteiger partial charge < -0.3 is 10.2 Å². The van der Waals surface area contributed by atoms with Crippen LogP contribution in [0.3, 0.4) is 0 Å². The minimum Gasteiger partial charge on any atom is -0.370 e. The average Bonchev–Trinajstić information content (AvgIpc) is 2.71. The Labute approximate surface area is 167 Å². The van der Waals surface area contributed by atoms with Crippen molar-refractivity contribution < 1.29 is 4.79 Å². The van der Waals surface area contributed by atoms with Gasteiger partial charge in [0.25, 0.3) is 5.56 Å². The van der Waals surface area contributed by atoms with E-state index in [0.29, 0.717) is 21.7 Å². The summed E-state index contributed by atoms with van der Waals surface area (Å²) in [6.07, 6.45) is 4.74. The van der Waals surface area contributed by atoms with Gasteiger partial charge in [0.2, 0.25) is 5.91 Å². The summed E-state index contributed by atoms with van der Waals surface area (Å²) in [7, 11) is 0. The van der Waals surface area contributed by atoms with Crippen molar-refractivity contribution in [2.45, 2.75) is 25.8 Å². The lowest BCUT2D eigenvalue weighted by atomic mass is 10.1. The number of aromatic nitrogens is 2. The van der Waals surface area contributed by atoms with E-state index in [1.54, 1.807) is 12.1 Å². The molecule has 3 aromatic rings. The maximum Gasteiger partial charge on any atom is 0.269 e. The van der Waals surface area contributed by atoms with Crippen molar-refractivity contribution >= 4 is 39.9 Å². The maximum absolute atomic E-state index is 12.8. The zero-order valence-corrected chi connectivity index (χ0v) is 16.2. The zero-order chi connectivity index (χ0) is 19.5. The van der Waals surface area contributed by atoms with Gasteiger partial charge in [-0.1, -0.05) is 23.7 Å². The summed E-state index contributed by atoms with van der Waals surface area (Å²) in [6.45, 7) is 1.83. The van der Waals surface area contributed by atoms with E-state index in [0.717, 1.165) is 31.6 Å². The monoisotopic (exact) mass is 396 g/mol. The van der Waals surface area contributed by atoms with Crippen LogP contribution in [0.5, 0.6) is 0 Å². The number of hydrogen-bond acceptors (Lipinski definition) is 4. The number of para-hydroxylation sites is 2. The predicted octanol–water partition coefficient (Wildman–Crippen LogP) is 3.68. The van der Waals surface area contributed by atoms with Gasteiger partial charge in [-0.15, -0.1) is 0 Å². The average molecular weight is 397 g/mol. The van der Waals surface area contributed by atoms with Gasteiger partial charge in [-0.05, 0) is 49.6 Å². The van der Waals surface area contributed by atoms with Crippen LogP contribution in [0, 0.1) is 0 Å². The molecule has 1 fully saturated rings. The molecule has 1 N–H and O–H groups in total. The van der Waals surface area contributed by atoms with E-state index in [1.807, 2.05) is 30.3 Å². The first kappa shape index (κ1) is 18.5. The van der Waals surface area contributed by atoms with Crippen LogP contribution in [0.25, 0.3) is 11.0 Å². The summed E-state index contributed by atoms with van der Waals surface area (Å²) >= 11 is 6.17. The van der Waals surface area contributed by atoms with Gasteiger partial charge in [-0.3, -0.25) is 14.2 Å². The SMILES string of the molecule is O=C(Cn1c(=O)cnc2ccccc21)Nc1cc(Cl)ccc1N1CCCCC1. The first-order valence-electron chi connectivity index (χ1n) is 9.41. The number of benzene rings is 2. The van der Waals surface area contributed by atoms with Gasteiger partial charge >= 0.3 is 0 Å². The van der Waals surface area contributed by atoms with Crippen LogP contribution < -0.4 is 15.8 Å². The van der Waals surface area contributed by atoms with E-state index in [2.05, 4.69) is 15.2 Å². The Morgan fingerprint density at radius 1 is 1.11 bits per heavy atom. The number of halogens is 1. The number of rotatable bonds is 4. The fourth-order valence-electron chi connectivity index (χ4n) is 3.63. The molecule has 7 heteroatoms. The highest BCUT2D eigenvalue weighted by Crippen LogP contribution is 2.31. The van der Waals surface area contributed by atoms with Gasteiger partial charge in [-0.2, -0.15) is 0 Å². The minimum atomic E-state index is -0.309. The summed E-state index contributed by atoms with van der Waals surface area (Å²) in [6, 6.07) is 12.8. The van der Waals surface area contributed by atoms with E-state index in [4.69, 9.17) is 11.6 Å². The van der Waals surface area contributed by atoms with Crippen LogP contribution in [-0.4, -0.2) is 28.5 Å². The van der Waals surface area contributed by atoms with E-state index >= 15 is 0 Å². The second-order valence-electron chi connectivity index (χ2n) is 6.93. The normalized spacial score (nSPS) is 14.2. The van der Waals surface area contributed by atoms with Gasteiger partial charge in [0.05, 0.1) is 28.6 Å². The highest BCUT2D eigenvalue weighted by molar-refractivity contribution is 6.31. The largest absolute Gasteiger partial charge is 0.370 e. The van der Waals surface area contributed by atoms with Crippen LogP contribution >= 0.6 is 11.6 Å². The molecule has 0 unspecified atom stereocenters. The zero-order valence-electron chi connectivity index (χ0n) is 15.4. The van der Waals surface area contributed by atoms with E-state index < -0.39 is 0 Å². The number of piperidine rings is 1. The van der Waals surface area contributed by atoms with Crippen LogP contribution in [0.1, 0.15) is 19.3 Å². The number of nitrogens with zero attached hydrogens (tertiary/aromatic N) is 3. The Kier molecular flexibility index (Phi) is 5.30. The van der Waals surface area contributed by atoms with Crippen molar-refractivity contribution in [1.82, 2.24) is 9.55 Å². The van der Waals surface area contributed by atoms with E-state index in [9.17, 15) is 9.59 Å². The fourth-order valence-corrected chi connectivity index (χ4v) is 3.80. The lowest BCUT2D eigenvalue weighted by molar-refractivity contribution is -0.116. The summed E-state index contributed by atoms with van der Waals surface area (Å²) in [5.41, 5.74) is 2.63. The third-order valence-electron chi connectivity index (χ3n) is 4.98. The molecule has 2 heterocycles. The van der Waals surface area contributed by atoms with Crippen LogP contribution in [0.15, 0.2) is 53.5 Å². The summed E-state index contributed by atoms with van der Waals surface area (Å²) in [5.74, 6) is -0.279. The Bertz CT molecular complexity index is 1070. The van der Waals surface area contributed by atoms with E-state index in [-0.39, 0.29) is 18.0 Å². The molecule has 0 saturated carbocycles. The van der Waals surface area contributed by atoms with Crippen LogP contribution in [0.2, 0.25) is 5.02 Å². The Morgan fingerprint density at radius 2 is 1.89 bits per heavy atom. The third kappa shape index (κ3) is 3.87. The standard InChI is InChI=1S/C21H21ClN4O2/c22-15-8-9-18(25-10-4-1-5-11-25)17(12-15)24-20(27)14-26-19-7-3-2-6-16(19)23-13-21(26)28/h2-3,6-9,12-13H,1,4-5,10-11,14H2,(H,24,27). The number of carbonyl (C=O) groups is 1. The molecular weight excluding hydrogens is 376 g/mol. The molecule has 0 atom stereocenters. The van der Waals surface area contributed by atoms with E-state index in [1.165, 1.54) is 17.2 Å². The summed E-state index contributed by atoms with van der Waals surface area (Å²) in [5, 5.41) is 3.50. The second kappa shape index (κ2) is 8.02. The highest BCUT2D eigenvalue weighted by Gasteiger charge is 2.17. The molecule has 144 valence electrons. The molecule has 2 aromatic carbocycles. The smallest absolute Gasteiger partial charge is 0.269 e. The van der Waals surface area contributed by atoms with Crippen molar-refractivity contribution in [2.75, 3.05) is 23.3 Å². The number of hydrogen-bond donors (Lipinski definition) is 1. The number of nitrogens with one attached hydrogen (secondary N) is 1. The first-order chi connectivity index (χ1) is 13.6. The summed E-state index contributed by atoms with van der Waals surface area (Å²) in [4.78, 5) is 31.4. The molecule has 6 nitrogen and oxygen atoms in total. The van der Waals surface area contributed by atoms with Gasteiger partial charge in [0.15, 0.2) is 0 Å². The number of anilines is 2. The molecule has 0 aliphatic carbocycles. The minimum absolute atomic E-state index is 0.0895. The molecule has 1 saturated heterocycles. The highest BCUT2D eigenvalue weighted by atomic mass is 35.5. The number of carbonyl (C=O) groups excluding carboxylic acids is 1. The number of fused-ring (bicyclic) bond motifs is 1. The number of amides is 1. The quantitative estimate of drug-likeness (QED) is 0.730. The Morgan fingerprint density at radius 3 is 2.71 bits per heavy atom. The van der Waals surface area contributed by atoms with Gasteiger partial charge in [0, 0.05) is 18.1 Å². The Hall–Kier alpha value is -2.86. The Balaban J connectivity index is 1.60. The van der Waals surface area contributed by atoms with Crippen molar-refractivity contribution in [3.63, 3.8) is 0 Å². The topological polar surface area (TPSA) is 67.2 Å². The molecule has 1 aliphatic heterocycles. The molecule has 0 bridgehead atoms. The van der Waals surface area contributed by atoms with Crippen molar-refractivity contribution in [3.05, 3.63) is 64.0 Å². The van der Waals surface area contributed by atoms with Crippen molar-refractivity contribution in [1.29, 1.82) is 0 Å². The van der Waals surface area contributed by atoms with Crippen molar-refractivity contribution in [2.24, 2.45) is 0 Å². The molecular formula is C21H21ClN4O2. The lowest BCUT2D eigenvalue weighted by Crippen LogP contribution is -2.31. The molecule has 1 amide bonds. The lowest BCUT2D eigenvalue weighted by Gasteiger charge is -2.30. The van der Waals surface area contributed by atoms with Gasteiger partial charge in [-0.25, -0.2) is 4.98 Å². The molecule has 4 rings (SSSR count). The first-order valence-corrected chi connectivity index (χ1v) is 9.78. The molecule has 1 aromatic heterocycles. The van der Waals surface area contributed by atoms with Gasteiger partial charge in [0.1, 0.15) is 6.54 Å². The fraction of sp³-hybridized carbons (Fsp3) is 0.286. The van der Waals surface area contributed by atoms with Crippen LogP contribution in [-0.2, 0) is 11.3 Å². The molecule has 1 aliphatic rings. The van der Waals surface area contributed by atoms with Crippen molar-refractivity contribution in [3.8, 4) is 0 Å². The molecule has 28 heavy (non-hydrogen) atoms. The molecule has 0 radical (unpaired) electrons. The third-order valence-corrected chi connectivity index (χ3v) is 5.22. The maximum atomic E-state index is 12.8. The molecule has 0 spiro atoms. The summed E-state index contributed by atoms with van der Waals surface area (Å²) < 4.78 is 1.43. The predicted molar refractivity (Wildman–Crippen MR) is 112 cm³/mol. The van der Waals surface area contributed by atoms with Crippen LogP contribution in [0.4, 0.5) is 11.4 Å².